The molecule has 0 bridgehead atoms. The fraction of sp³-hybridized carbons (Fsp3) is 0.889. The molecule has 0 amide bonds. The third-order valence-corrected chi connectivity index (χ3v) is 1.91. The summed E-state index contributed by atoms with van der Waals surface area (Å²) in [6.45, 7) is 4.14. The van der Waals surface area contributed by atoms with Crippen molar-refractivity contribution < 1.29 is 0 Å². The van der Waals surface area contributed by atoms with Gasteiger partial charge in [0.2, 0.25) is 0 Å². The van der Waals surface area contributed by atoms with E-state index in [2.05, 4.69) is 45.4 Å². The van der Waals surface area contributed by atoms with Crippen LogP contribution in [0.4, 0.5) is 0 Å². The first-order valence-electron chi connectivity index (χ1n) is 4.29. The van der Waals surface area contributed by atoms with Crippen LogP contribution in [0.2, 0.25) is 0 Å². The number of hydrogen-bond donors (Lipinski definition) is 1. The van der Waals surface area contributed by atoms with Gasteiger partial charge < -0.3 is 4.90 Å². The third-order valence-electron chi connectivity index (χ3n) is 1.91. The quantitative estimate of drug-likeness (QED) is 0.483. The first-order valence-corrected chi connectivity index (χ1v) is 6.45. The molecule has 2 unspecified atom stereocenters. The van der Waals surface area contributed by atoms with Gasteiger partial charge in [0, 0.05) is 6.04 Å². The van der Waals surface area contributed by atoms with Crippen LogP contribution in [0.1, 0.15) is 20.3 Å². The van der Waals surface area contributed by atoms with Gasteiger partial charge in [-0.2, -0.15) is 0 Å². The van der Waals surface area contributed by atoms with E-state index >= 15 is 0 Å². The van der Waals surface area contributed by atoms with Crippen LogP contribution in [-0.2, 0) is 0 Å². The average Bonchev–Trinajstić information content (AvgIpc) is 2.09. The molecule has 78 valence electrons. The second kappa shape index (κ2) is 10.2. The highest BCUT2D eigenvalue weighted by Crippen LogP contribution is 2.07. The molecule has 1 N–H and O–H groups in total. The van der Waals surface area contributed by atoms with Crippen molar-refractivity contribution in [3.05, 3.63) is 0 Å². The number of likely N-dealkylation sites (N-methyl/N-ethyl adjacent to an activating group) is 1. The van der Waals surface area contributed by atoms with E-state index in [1.54, 1.807) is 0 Å². The number of alkyl halides is 1. The molecule has 0 rings (SSSR count). The lowest BCUT2D eigenvalue weighted by Crippen LogP contribution is -2.35. The summed E-state index contributed by atoms with van der Waals surface area (Å²) in [6.07, 6.45) is 1.05. The minimum Gasteiger partial charge on any atom is -0.304 e. The van der Waals surface area contributed by atoms with Crippen LogP contribution < -0.4 is 0 Å². The minimum atomic E-state index is 0.174. The monoisotopic (exact) mass is 297 g/mol. The molecule has 0 aromatic rings. The second-order valence-electron chi connectivity index (χ2n) is 2.92. The number of hydrogen-bond acceptors (Lipinski definition) is 3. The number of halogens is 1. The van der Waals surface area contributed by atoms with Crippen LogP contribution in [0, 0.1) is 5.41 Å². The summed E-state index contributed by atoms with van der Waals surface area (Å²) < 4.78 is 0. The zero-order chi connectivity index (χ0) is 10.9. The Morgan fingerprint density at radius 3 is 2.15 bits per heavy atom. The maximum Gasteiger partial charge on any atom is 0.0865 e. The van der Waals surface area contributed by atoms with E-state index in [1.165, 1.54) is 0 Å². The van der Waals surface area contributed by atoms with Crippen LogP contribution in [0.5, 0.6) is 0 Å². The molecule has 0 saturated carbocycles. The van der Waals surface area contributed by atoms with Crippen molar-refractivity contribution >= 4 is 28.6 Å². The van der Waals surface area contributed by atoms with E-state index < -0.39 is 0 Å². The van der Waals surface area contributed by atoms with Gasteiger partial charge in [-0.1, -0.05) is 29.5 Å². The Bertz CT molecular complexity index is 153. The summed E-state index contributed by atoms with van der Waals surface area (Å²) in [5.74, 6) is 0. The highest BCUT2D eigenvalue weighted by Gasteiger charge is 2.15. The van der Waals surface area contributed by atoms with Gasteiger partial charge in [-0.25, -0.2) is 10.4 Å². The normalized spacial score (nSPS) is 13.8. The second-order valence-corrected chi connectivity index (χ2v) is 2.92. The van der Waals surface area contributed by atoms with Crippen molar-refractivity contribution in [2.24, 2.45) is 4.99 Å². The molecule has 0 aliphatic heterocycles. The summed E-state index contributed by atoms with van der Waals surface area (Å²) in [6, 6.07) is 2.68. The van der Waals surface area contributed by atoms with Crippen molar-refractivity contribution in [2.45, 2.75) is 32.4 Å². The Morgan fingerprint density at radius 2 is 1.92 bits per heavy atom. The summed E-state index contributed by atoms with van der Waals surface area (Å²) in [4.78, 5) is 7.99. The molecule has 0 spiro atoms. The molecule has 0 heterocycles. The van der Waals surface area contributed by atoms with Gasteiger partial charge in [-0.15, -0.1) is 0 Å². The number of nitrogens with zero attached hydrogens (tertiary/aromatic N) is 2. The molecule has 0 radical (unpaired) electrons. The van der Waals surface area contributed by atoms with E-state index in [1.807, 2.05) is 25.9 Å². The van der Waals surface area contributed by atoms with Gasteiger partial charge in [0.25, 0.3) is 0 Å². The molecule has 0 aliphatic rings. The molecular formula is C9H20IN3. The summed E-state index contributed by atoms with van der Waals surface area (Å²) in [5.41, 5.74) is 0. The van der Waals surface area contributed by atoms with Gasteiger partial charge in [0.15, 0.2) is 0 Å². The predicted molar refractivity (Wildman–Crippen MR) is 67.3 cm³/mol. The maximum atomic E-state index is 6.71. The minimum absolute atomic E-state index is 0.174. The topological polar surface area (TPSA) is 39.5 Å². The Hall–Kier alpha value is 0.0700. The van der Waals surface area contributed by atoms with Gasteiger partial charge in [-0.05, 0) is 32.4 Å². The smallest absolute Gasteiger partial charge is 0.0865 e. The lowest BCUT2D eigenvalue weighted by Gasteiger charge is -2.25. The van der Waals surface area contributed by atoms with E-state index in [0.717, 1.165) is 6.42 Å². The fourth-order valence-electron chi connectivity index (χ4n) is 1.33. The van der Waals surface area contributed by atoms with E-state index in [4.69, 9.17) is 5.41 Å². The molecule has 0 aliphatic carbocycles. The molecule has 4 heteroatoms. The first-order chi connectivity index (χ1) is 6.13. The Kier molecular flexibility index (Phi) is 12.1. The predicted octanol–water partition coefficient (Wildman–Crippen LogP) is 2.52. The molecule has 13 heavy (non-hydrogen) atoms. The van der Waals surface area contributed by atoms with Crippen molar-refractivity contribution in [1.82, 2.24) is 4.90 Å². The lowest BCUT2D eigenvalue weighted by molar-refractivity contribution is 0.256. The number of aliphatic imine (C=N–C) groups is 1. The Morgan fingerprint density at radius 1 is 1.46 bits per heavy atom. The van der Waals surface area contributed by atoms with Crippen LogP contribution in [-0.4, -0.2) is 42.0 Å². The molecule has 0 aromatic carbocycles. The van der Waals surface area contributed by atoms with Crippen molar-refractivity contribution in [3.8, 4) is 0 Å². The summed E-state index contributed by atoms with van der Waals surface area (Å²) in [7, 11) is 4.06. The zero-order valence-electron chi connectivity index (χ0n) is 9.13. The van der Waals surface area contributed by atoms with Gasteiger partial charge in [0.05, 0.1) is 12.1 Å². The highest BCUT2D eigenvalue weighted by atomic mass is 127. The standard InChI is InChI=1S/C8H17N3.CH3I/c1-5-8(11(3)4)7(2)10-6-9;1-2/h7-9H,5H2,1-4H3;1H3. The summed E-state index contributed by atoms with van der Waals surface area (Å²) in [5, 5.41) is 6.71. The average molecular weight is 297 g/mol. The molecular weight excluding hydrogens is 277 g/mol. The lowest BCUT2D eigenvalue weighted by atomic mass is 10.1. The SMILES string of the molecule is CCC(C(C)N=C=N)N(C)C.CI. The Balaban J connectivity index is 0. The fourth-order valence-corrected chi connectivity index (χ4v) is 1.33. The summed E-state index contributed by atoms with van der Waals surface area (Å²) >= 11 is 2.15. The molecule has 0 fully saturated rings. The van der Waals surface area contributed by atoms with Crippen molar-refractivity contribution in [2.75, 3.05) is 19.0 Å². The largest absolute Gasteiger partial charge is 0.304 e. The van der Waals surface area contributed by atoms with Crippen molar-refractivity contribution in [3.63, 3.8) is 0 Å². The van der Waals surface area contributed by atoms with Crippen molar-refractivity contribution in [1.29, 1.82) is 5.41 Å². The zero-order valence-corrected chi connectivity index (χ0v) is 11.3. The first kappa shape index (κ1) is 15.5. The highest BCUT2D eigenvalue weighted by molar-refractivity contribution is 14.1. The van der Waals surface area contributed by atoms with Crippen LogP contribution in [0.15, 0.2) is 4.99 Å². The van der Waals surface area contributed by atoms with Gasteiger partial charge >= 0.3 is 0 Å². The Labute approximate surface area is 95.3 Å². The third kappa shape index (κ3) is 7.16. The maximum absolute atomic E-state index is 6.71. The molecule has 2 atom stereocenters. The van der Waals surface area contributed by atoms with Crippen LogP contribution in [0.3, 0.4) is 0 Å². The van der Waals surface area contributed by atoms with E-state index in [0.29, 0.717) is 6.04 Å². The number of nitrogens with one attached hydrogen (secondary N) is 1. The van der Waals surface area contributed by atoms with Gasteiger partial charge in [0.1, 0.15) is 0 Å². The number of rotatable bonds is 4. The van der Waals surface area contributed by atoms with E-state index in [-0.39, 0.29) is 6.04 Å². The molecule has 3 nitrogen and oxygen atoms in total. The molecule has 0 saturated heterocycles. The molecule has 0 aromatic heterocycles. The van der Waals surface area contributed by atoms with Crippen LogP contribution in [0.25, 0.3) is 0 Å². The van der Waals surface area contributed by atoms with E-state index in [9.17, 15) is 0 Å². The van der Waals surface area contributed by atoms with Gasteiger partial charge in [-0.3, -0.25) is 0 Å². The van der Waals surface area contributed by atoms with Crippen LogP contribution >= 0.6 is 22.6 Å².